The summed E-state index contributed by atoms with van der Waals surface area (Å²) >= 11 is 3.00. The number of carbonyl (C=O) groups is 2. The standard InChI is InChI=1S/C25H24N4O3S2/c1-28(16-23(30)26-17-6-8-18(9-7-17)29-12-14-32-15-13-29)25(31)22-11-10-21(33-22)24-27-19-4-2-3-5-20(19)34-24/h2-11H,12-16H2,1H3,(H,26,30). The summed E-state index contributed by atoms with van der Waals surface area (Å²) in [6, 6.07) is 19.4. The Labute approximate surface area is 205 Å². The lowest BCUT2D eigenvalue weighted by atomic mass is 10.2. The van der Waals surface area contributed by atoms with Gasteiger partial charge in [-0.15, -0.1) is 22.7 Å². The van der Waals surface area contributed by atoms with Crippen LogP contribution in [0.2, 0.25) is 0 Å². The van der Waals surface area contributed by atoms with Crippen LogP contribution in [0.3, 0.4) is 0 Å². The maximum Gasteiger partial charge on any atom is 0.264 e. The predicted molar refractivity (Wildman–Crippen MR) is 138 cm³/mol. The zero-order valence-electron chi connectivity index (χ0n) is 18.7. The Morgan fingerprint density at radius 1 is 1.03 bits per heavy atom. The Balaban J connectivity index is 1.18. The molecule has 7 nitrogen and oxygen atoms in total. The van der Waals surface area contributed by atoms with E-state index < -0.39 is 0 Å². The number of hydrogen-bond donors (Lipinski definition) is 1. The van der Waals surface area contributed by atoms with Crippen molar-refractivity contribution < 1.29 is 14.3 Å². The van der Waals surface area contributed by atoms with Crippen molar-refractivity contribution in [2.75, 3.05) is 50.1 Å². The number of hydrogen-bond acceptors (Lipinski definition) is 7. The molecule has 0 unspecified atom stereocenters. The second kappa shape index (κ2) is 9.92. The number of amides is 2. The van der Waals surface area contributed by atoms with Gasteiger partial charge in [-0.2, -0.15) is 0 Å². The number of nitrogens with one attached hydrogen (secondary N) is 1. The number of aromatic nitrogens is 1. The Morgan fingerprint density at radius 3 is 2.56 bits per heavy atom. The third-order valence-corrected chi connectivity index (χ3v) is 7.86. The molecule has 1 fully saturated rings. The lowest BCUT2D eigenvalue weighted by molar-refractivity contribution is -0.116. The summed E-state index contributed by atoms with van der Waals surface area (Å²) in [4.78, 5) is 35.3. The van der Waals surface area contributed by atoms with Crippen LogP contribution in [0.4, 0.5) is 11.4 Å². The highest BCUT2D eigenvalue weighted by atomic mass is 32.1. The number of para-hydroxylation sites is 1. The van der Waals surface area contributed by atoms with Gasteiger partial charge >= 0.3 is 0 Å². The van der Waals surface area contributed by atoms with Gasteiger partial charge in [0.1, 0.15) is 5.01 Å². The molecule has 2 amide bonds. The number of anilines is 2. The number of rotatable bonds is 6. The van der Waals surface area contributed by atoms with Gasteiger partial charge in [0, 0.05) is 31.5 Å². The lowest BCUT2D eigenvalue weighted by Gasteiger charge is -2.28. The third-order valence-electron chi connectivity index (χ3n) is 5.58. The van der Waals surface area contributed by atoms with Crippen LogP contribution in [-0.4, -0.2) is 61.6 Å². The Kier molecular flexibility index (Phi) is 6.57. The number of ether oxygens (including phenoxy) is 1. The fraction of sp³-hybridized carbons (Fsp3) is 0.240. The molecule has 9 heteroatoms. The molecule has 3 heterocycles. The van der Waals surface area contributed by atoms with E-state index in [0.29, 0.717) is 10.6 Å². The summed E-state index contributed by atoms with van der Waals surface area (Å²) in [7, 11) is 1.64. The molecule has 1 N–H and O–H groups in total. The minimum absolute atomic E-state index is 0.0293. The van der Waals surface area contributed by atoms with Gasteiger partial charge in [-0.05, 0) is 48.5 Å². The molecule has 2 aromatic carbocycles. The molecule has 0 radical (unpaired) electrons. The first kappa shape index (κ1) is 22.5. The molecule has 174 valence electrons. The average molecular weight is 493 g/mol. The maximum atomic E-state index is 12.9. The van der Waals surface area contributed by atoms with Gasteiger partial charge < -0.3 is 19.9 Å². The van der Waals surface area contributed by atoms with Crippen LogP contribution in [0, 0.1) is 0 Å². The number of likely N-dealkylation sites (N-methyl/N-ethyl adjacent to an activating group) is 1. The van der Waals surface area contributed by atoms with Gasteiger partial charge in [0.2, 0.25) is 5.91 Å². The topological polar surface area (TPSA) is 74.8 Å². The minimum Gasteiger partial charge on any atom is -0.378 e. The summed E-state index contributed by atoms with van der Waals surface area (Å²) in [5.41, 5.74) is 2.77. The molecular weight excluding hydrogens is 468 g/mol. The van der Waals surface area contributed by atoms with Gasteiger partial charge in [0.05, 0.1) is 39.7 Å². The van der Waals surface area contributed by atoms with Crippen LogP contribution < -0.4 is 10.2 Å². The van der Waals surface area contributed by atoms with Crippen LogP contribution in [0.1, 0.15) is 9.67 Å². The largest absolute Gasteiger partial charge is 0.378 e. The van der Waals surface area contributed by atoms with Crippen LogP contribution in [-0.2, 0) is 9.53 Å². The molecule has 1 aliphatic heterocycles. The van der Waals surface area contributed by atoms with Crippen LogP contribution in [0.25, 0.3) is 20.1 Å². The van der Waals surface area contributed by atoms with E-state index >= 15 is 0 Å². The predicted octanol–water partition coefficient (Wildman–Crippen LogP) is 4.57. The molecule has 0 spiro atoms. The molecule has 2 aromatic heterocycles. The normalized spacial score (nSPS) is 13.7. The maximum absolute atomic E-state index is 12.9. The molecule has 5 rings (SSSR count). The highest BCUT2D eigenvalue weighted by Gasteiger charge is 2.19. The first-order chi connectivity index (χ1) is 16.6. The molecule has 1 aliphatic rings. The van der Waals surface area contributed by atoms with E-state index in [-0.39, 0.29) is 18.4 Å². The molecular formula is C25H24N4O3S2. The van der Waals surface area contributed by atoms with E-state index in [1.54, 1.807) is 24.5 Å². The monoisotopic (exact) mass is 492 g/mol. The molecule has 1 saturated heterocycles. The van der Waals surface area contributed by atoms with Crippen molar-refractivity contribution in [3.8, 4) is 9.88 Å². The number of benzene rings is 2. The van der Waals surface area contributed by atoms with Gasteiger partial charge in [-0.25, -0.2) is 4.98 Å². The first-order valence-corrected chi connectivity index (χ1v) is 12.6. The summed E-state index contributed by atoms with van der Waals surface area (Å²) in [5, 5.41) is 3.77. The van der Waals surface area contributed by atoms with Gasteiger partial charge in [0.25, 0.3) is 5.91 Å². The number of fused-ring (bicyclic) bond motifs is 1. The highest BCUT2D eigenvalue weighted by Crippen LogP contribution is 2.34. The fourth-order valence-corrected chi connectivity index (χ4v) is 5.82. The molecule has 0 aliphatic carbocycles. The molecule has 4 aromatic rings. The Hall–Kier alpha value is -3.27. The van der Waals surface area contributed by atoms with E-state index in [2.05, 4.69) is 15.2 Å². The van der Waals surface area contributed by atoms with E-state index in [1.807, 2.05) is 54.6 Å². The van der Waals surface area contributed by atoms with Crippen molar-refractivity contribution in [2.45, 2.75) is 0 Å². The van der Waals surface area contributed by atoms with Crippen molar-refractivity contribution in [3.63, 3.8) is 0 Å². The molecule has 34 heavy (non-hydrogen) atoms. The third kappa shape index (κ3) is 4.96. The Morgan fingerprint density at radius 2 is 1.79 bits per heavy atom. The number of thiophene rings is 1. The van der Waals surface area contributed by atoms with Crippen LogP contribution in [0.15, 0.2) is 60.7 Å². The number of nitrogens with zero attached hydrogens (tertiary/aromatic N) is 3. The number of thiazole rings is 1. The average Bonchev–Trinajstić information content (AvgIpc) is 3.52. The zero-order valence-corrected chi connectivity index (χ0v) is 20.3. The summed E-state index contributed by atoms with van der Waals surface area (Å²) in [6.45, 7) is 3.15. The van der Waals surface area contributed by atoms with E-state index in [9.17, 15) is 9.59 Å². The summed E-state index contributed by atoms with van der Waals surface area (Å²) in [6.07, 6.45) is 0. The summed E-state index contributed by atoms with van der Waals surface area (Å²) in [5.74, 6) is -0.423. The van der Waals surface area contributed by atoms with Crippen molar-refractivity contribution in [3.05, 3.63) is 65.5 Å². The van der Waals surface area contributed by atoms with Crippen molar-refractivity contribution in [1.29, 1.82) is 0 Å². The van der Waals surface area contributed by atoms with E-state index in [0.717, 1.165) is 52.1 Å². The van der Waals surface area contributed by atoms with Gasteiger partial charge in [-0.3, -0.25) is 9.59 Å². The number of carbonyl (C=O) groups excluding carboxylic acids is 2. The quantitative estimate of drug-likeness (QED) is 0.427. The number of morpholine rings is 1. The second-order valence-electron chi connectivity index (χ2n) is 8.01. The van der Waals surface area contributed by atoms with Gasteiger partial charge in [0.15, 0.2) is 0 Å². The zero-order chi connectivity index (χ0) is 23.5. The first-order valence-electron chi connectivity index (χ1n) is 11.0. The lowest BCUT2D eigenvalue weighted by Crippen LogP contribution is -2.36. The molecule has 0 saturated carbocycles. The molecule has 0 bridgehead atoms. The van der Waals surface area contributed by atoms with E-state index in [4.69, 9.17) is 4.74 Å². The summed E-state index contributed by atoms with van der Waals surface area (Å²) < 4.78 is 6.51. The second-order valence-corrected chi connectivity index (χ2v) is 10.1. The minimum atomic E-state index is -0.238. The van der Waals surface area contributed by atoms with Crippen molar-refractivity contribution in [2.24, 2.45) is 0 Å². The Bertz CT molecular complexity index is 1280. The van der Waals surface area contributed by atoms with Crippen LogP contribution in [0.5, 0.6) is 0 Å². The highest BCUT2D eigenvalue weighted by molar-refractivity contribution is 7.26. The fourth-order valence-electron chi connectivity index (χ4n) is 3.80. The SMILES string of the molecule is CN(CC(=O)Nc1ccc(N2CCOCC2)cc1)C(=O)c1ccc(-c2nc3ccccc3s2)s1. The van der Waals surface area contributed by atoms with Crippen LogP contribution >= 0.6 is 22.7 Å². The smallest absolute Gasteiger partial charge is 0.264 e. The van der Waals surface area contributed by atoms with E-state index in [1.165, 1.54) is 16.2 Å². The van der Waals surface area contributed by atoms with Crippen molar-refractivity contribution >= 4 is 56.1 Å². The van der Waals surface area contributed by atoms with Crippen molar-refractivity contribution in [1.82, 2.24) is 9.88 Å². The van der Waals surface area contributed by atoms with Gasteiger partial charge in [-0.1, -0.05) is 12.1 Å². The molecule has 0 atom stereocenters.